The molecule has 0 radical (unpaired) electrons. The van der Waals surface area contributed by atoms with E-state index in [4.69, 9.17) is 0 Å². The molecule has 116 valence electrons. The van der Waals surface area contributed by atoms with Gasteiger partial charge in [-0.3, -0.25) is 9.59 Å². The number of aromatic amines is 1. The highest BCUT2D eigenvalue weighted by Gasteiger charge is 2.21. The number of aryl methyl sites for hydroxylation is 1. The predicted molar refractivity (Wildman–Crippen MR) is 82.8 cm³/mol. The Bertz CT molecular complexity index is 528. The van der Waals surface area contributed by atoms with Gasteiger partial charge in [0.05, 0.1) is 0 Å². The van der Waals surface area contributed by atoms with Gasteiger partial charge in [0.25, 0.3) is 5.91 Å². The van der Waals surface area contributed by atoms with Crippen molar-refractivity contribution in [1.82, 2.24) is 15.6 Å². The molecule has 1 aromatic heterocycles. The van der Waals surface area contributed by atoms with Gasteiger partial charge in [0.1, 0.15) is 5.69 Å². The van der Waals surface area contributed by atoms with Crippen LogP contribution >= 0.6 is 0 Å². The molecular formula is C16H25N3O2. The molecule has 2 rings (SSSR count). The van der Waals surface area contributed by atoms with Crippen molar-refractivity contribution in [3.63, 3.8) is 0 Å². The fourth-order valence-electron chi connectivity index (χ4n) is 3.14. The van der Waals surface area contributed by atoms with Crippen molar-refractivity contribution in [2.45, 2.75) is 40.0 Å². The molecular weight excluding hydrogens is 266 g/mol. The lowest BCUT2D eigenvalue weighted by atomic mass is 10.0. The first-order valence-electron chi connectivity index (χ1n) is 7.75. The molecule has 1 saturated heterocycles. The second kappa shape index (κ2) is 6.89. The molecule has 0 aliphatic carbocycles. The molecule has 0 bridgehead atoms. The maximum absolute atomic E-state index is 12.3. The van der Waals surface area contributed by atoms with Gasteiger partial charge in [0, 0.05) is 17.8 Å². The second-order valence-corrected chi connectivity index (χ2v) is 5.79. The fourth-order valence-corrected chi connectivity index (χ4v) is 3.14. The Morgan fingerprint density at radius 1 is 1.38 bits per heavy atom. The maximum Gasteiger partial charge on any atom is 0.268 e. The number of hydrogen-bond donors (Lipinski definition) is 3. The van der Waals surface area contributed by atoms with Crippen LogP contribution in [-0.4, -0.2) is 36.3 Å². The van der Waals surface area contributed by atoms with Crippen LogP contribution in [0.2, 0.25) is 0 Å². The first-order chi connectivity index (χ1) is 10.0. The van der Waals surface area contributed by atoms with E-state index < -0.39 is 0 Å². The molecule has 5 nitrogen and oxygen atoms in total. The van der Waals surface area contributed by atoms with E-state index in [9.17, 15) is 9.59 Å². The summed E-state index contributed by atoms with van der Waals surface area (Å²) >= 11 is 0. The molecule has 1 aliphatic heterocycles. The summed E-state index contributed by atoms with van der Waals surface area (Å²) in [4.78, 5) is 27.1. The van der Waals surface area contributed by atoms with Crippen LogP contribution in [0.3, 0.4) is 0 Å². The van der Waals surface area contributed by atoms with Crippen LogP contribution in [0.4, 0.5) is 0 Å². The molecule has 0 saturated carbocycles. The van der Waals surface area contributed by atoms with Gasteiger partial charge < -0.3 is 15.6 Å². The Labute approximate surface area is 125 Å². The largest absolute Gasteiger partial charge is 0.354 e. The van der Waals surface area contributed by atoms with Gasteiger partial charge in [-0.05, 0) is 57.7 Å². The first-order valence-corrected chi connectivity index (χ1v) is 7.75. The SMILES string of the molecule is CCc1c(C(=O)NCCC2CCNC2)[nH]c(C)c1C(C)=O. The number of hydrogen-bond acceptors (Lipinski definition) is 3. The second-order valence-electron chi connectivity index (χ2n) is 5.79. The maximum atomic E-state index is 12.3. The molecule has 21 heavy (non-hydrogen) atoms. The molecule has 1 atom stereocenters. The Hall–Kier alpha value is -1.62. The number of carbonyl (C=O) groups excluding carboxylic acids is 2. The Kier molecular flexibility index (Phi) is 5.17. The van der Waals surface area contributed by atoms with Crippen LogP contribution in [-0.2, 0) is 6.42 Å². The summed E-state index contributed by atoms with van der Waals surface area (Å²) in [5.41, 5.74) is 2.83. The quantitative estimate of drug-likeness (QED) is 0.700. The monoisotopic (exact) mass is 291 g/mol. The third-order valence-corrected chi connectivity index (χ3v) is 4.22. The summed E-state index contributed by atoms with van der Waals surface area (Å²) in [7, 11) is 0. The van der Waals surface area contributed by atoms with Crippen LogP contribution in [0, 0.1) is 12.8 Å². The van der Waals surface area contributed by atoms with Gasteiger partial charge in [-0.1, -0.05) is 6.92 Å². The van der Waals surface area contributed by atoms with Crippen LogP contribution in [0.5, 0.6) is 0 Å². The minimum Gasteiger partial charge on any atom is -0.354 e. The lowest BCUT2D eigenvalue weighted by Gasteiger charge is -2.09. The molecule has 1 fully saturated rings. The van der Waals surface area contributed by atoms with Gasteiger partial charge in [0.2, 0.25) is 0 Å². The lowest BCUT2D eigenvalue weighted by molar-refractivity contribution is 0.0946. The van der Waals surface area contributed by atoms with Crippen molar-refractivity contribution in [3.8, 4) is 0 Å². The van der Waals surface area contributed by atoms with Gasteiger partial charge in [-0.25, -0.2) is 0 Å². The number of rotatable bonds is 6. The van der Waals surface area contributed by atoms with E-state index in [0.29, 0.717) is 30.1 Å². The summed E-state index contributed by atoms with van der Waals surface area (Å²) in [5.74, 6) is 0.569. The average Bonchev–Trinajstić information content (AvgIpc) is 3.05. The van der Waals surface area contributed by atoms with Crippen LogP contribution < -0.4 is 10.6 Å². The van der Waals surface area contributed by atoms with Crippen molar-refractivity contribution in [2.24, 2.45) is 5.92 Å². The molecule has 1 amide bonds. The number of carbonyl (C=O) groups is 2. The van der Waals surface area contributed by atoms with Gasteiger partial charge in [-0.2, -0.15) is 0 Å². The Balaban J connectivity index is 2.01. The van der Waals surface area contributed by atoms with Crippen molar-refractivity contribution >= 4 is 11.7 Å². The minimum atomic E-state index is -0.103. The highest BCUT2D eigenvalue weighted by Crippen LogP contribution is 2.20. The first kappa shape index (κ1) is 15.8. The zero-order chi connectivity index (χ0) is 15.4. The number of ketones is 1. The number of nitrogens with one attached hydrogen (secondary N) is 3. The van der Waals surface area contributed by atoms with Crippen LogP contribution in [0.15, 0.2) is 0 Å². The van der Waals surface area contributed by atoms with E-state index in [1.165, 1.54) is 6.42 Å². The lowest BCUT2D eigenvalue weighted by Crippen LogP contribution is -2.27. The Morgan fingerprint density at radius 2 is 2.14 bits per heavy atom. The van der Waals surface area contributed by atoms with Gasteiger partial charge in [0.15, 0.2) is 5.78 Å². The number of aromatic nitrogens is 1. The van der Waals surface area contributed by atoms with E-state index in [0.717, 1.165) is 30.8 Å². The van der Waals surface area contributed by atoms with Crippen molar-refractivity contribution < 1.29 is 9.59 Å². The zero-order valence-electron chi connectivity index (χ0n) is 13.1. The van der Waals surface area contributed by atoms with Gasteiger partial charge >= 0.3 is 0 Å². The van der Waals surface area contributed by atoms with E-state index in [1.54, 1.807) is 6.92 Å². The number of amides is 1. The molecule has 1 unspecified atom stereocenters. The van der Waals surface area contributed by atoms with Crippen molar-refractivity contribution in [3.05, 3.63) is 22.5 Å². The number of Topliss-reactive ketones (excluding diaryl/α,β-unsaturated/α-hetero) is 1. The average molecular weight is 291 g/mol. The van der Waals surface area contributed by atoms with Crippen LogP contribution in [0.25, 0.3) is 0 Å². The molecule has 2 heterocycles. The van der Waals surface area contributed by atoms with Gasteiger partial charge in [-0.15, -0.1) is 0 Å². The van der Waals surface area contributed by atoms with E-state index in [1.807, 2.05) is 13.8 Å². The molecule has 0 spiro atoms. The molecule has 5 heteroatoms. The summed E-state index contributed by atoms with van der Waals surface area (Å²) in [6.45, 7) is 8.17. The van der Waals surface area contributed by atoms with E-state index >= 15 is 0 Å². The van der Waals surface area contributed by atoms with Crippen molar-refractivity contribution in [2.75, 3.05) is 19.6 Å². The highest BCUT2D eigenvalue weighted by molar-refractivity contribution is 6.02. The third kappa shape index (κ3) is 3.53. The predicted octanol–water partition coefficient (Wildman–Crippen LogP) is 1.82. The smallest absolute Gasteiger partial charge is 0.268 e. The fraction of sp³-hybridized carbons (Fsp3) is 0.625. The standard InChI is InChI=1S/C16H25N3O2/c1-4-13-14(11(3)20)10(2)19-15(13)16(21)18-8-6-12-5-7-17-9-12/h12,17,19H,4-9H2,1-3H3,(H,18,21). The number of H-pyrrole nitrogens is 1. The van der Waals surface area contributed by atoms with E-state index in [-0.39, 0.29) is 11.7 Å². The summed E-state index contributed by atoms with van der Waals surface area (Å²) in [5, 5.41) is 6.30. The minimum absolute atomic E-state index is 0.0108. The normalized spacial score (nSPS) is 18.0. The summed E-state index contributed by atoms with van der Waals surface area (Å²) in [6, 6.07) is 0. The van der Waals surface area contributed by atoms with Crippen molar-refractivity contribution in [1.29, 1.82) is 0 Å². The third-order valence-electron chi connectivity index (χ3n) is 4.22. The zero-order valence-corrected chi connectivity index (χ0v) is 13.1. The highest BCUT2D eigenvalue weighted by atomic mass is 16.2. The molecule has 1 aliphatic rings. The van der Waals surface area contributed by atoms with E-state index in [2.05, 4.69) is 15.6 Å². The van der Waals surface area contributed by atoms with Crippen LogP contribution in [0.1, 0.15) is 58.8 Å². The summed E-state index contributed by atoms with van der Waals surface area (Å²) < 4.78 is 0. The Morgan fingerprint density at radius 3 is 2.71 bits per heavy atom. The molecule has 1 aromatic rings. The molecule has 0 aromatic carbocycles. The molecule has 3 N–H and O–H groups in total. The summed E-state index contributed by atoms with van der Waals surface area (Å²) in [6.07, 6.45) is 2.86. The topological polar surface area (TPSA) is 74.0 Å².